The van der Waals surface area contributed by atoms with Crippen LogP contribution in [0.3, 0.4) is 0 Å². The first-order chi connectivity index (χ1) is 14.1. The van der Waals surface area contributed by atoms with Crippen LogP contribution in [0.1, 0.15) is 35.8 Å². The first-order valence-corrected chi connectivity index (χ1v) is 9.55. The van der Waals surface area contributed by atoms with E-state index in [4.69, 9.17) is 10.00 Å². The summed E-state index contributed by atoms with van der Waals surface area (Å²) in [5.41, 5.74) is 2.27. The number of hydrogen-bond acceptors (Lipinski definition) is 6. The fourth-order valence-corrected chi connectivity index (χ4v) is 3.09. The largest absolute Gasteiger partial charge is 0.450 e. The standard InChI is InChI=1S/C21H23N5O3/c1-2-29-21(28)26-11-9-17(10-12-26)24-18-7-8-19(23-14-18)20(27)25-16-5-3-15(13-22)4-6-16/h3-8,14,17,24H,2,9-12H2,1H3,(H,25,27). The first kappa shape index (κ1) is 20.1. The molecule has 0 bridgehead atoms. The number of hydrogen-bond donors (Lipinski definition) is 2. The lowest BCUT2D eigenvalue weighted by Crippen LogP contribution is -2.42. The van der Waals surface area contributed by atoms with Gasteiger partial charge >= 0.3 is 6.09 Å². The maximum Gasteiger partial charge on any atom is 0.409 e. The molecule has 1 aliphatic rings. The molecule has 0 spiro atoms. The number of anilines is 2. The Labute approximate surface area is 169 Å². The molecule has 1 saturated heterocycles. The van der Waals surface area contributed by atoms with Crippen LogP contribution in [0.5, 0.6) is 0 Å². The smallest absolute Gasteiger partial charge is 0.409 e. The molecule has 1 aliphatic heterocycles. The molecule has 150 valence electrons. The molecular formula is C21H23N5O3. The third-order valence-electron chi connectivity index (χ3n) is 4.66. The highest BCUT2D eigenvalue weighted by Crippen LogP contribution is 2.17. The second kappa shape index (κ2) is 9.55. The van der Waals surface area contributed by atoms with Crippen molar-refractivity contribution in [3.63, 3.8) is 0 Å². The Hall–Kier alpha value is -3.60. The minimum absolute atomic E-state index is 0.237. The van der Waals surface area contributed by atoms with Gasteiger partial charge in [0.25, 0.3) is 5.91 Å². The molecule has 29 heavy (non-hydrogen) atoms. The van der Waals surface area contributed by atoms with Crippen molar-refractivity contribution >= 4 is 23.4 Å². The minimum atomic E-state index is -0.316. The first-order valence-electron chi connectivity index (χ1n) is 9.55. The molecule has 2 aromatic rings. The number of amides is 2. The topological polar surface area (TPSA) is 107 Å². The van der Waals surface area contributed by atoms with Crippen molar-refractivity contribution in [2.24, 2.45) is 0 Å². The Balaban J connectivity index is 1.50. The second-order valence-corrected chi connectivity index (χ2v) is 6.68. The summed E-state index contributed by atoms with van der Waals surface area (Å²) in [6, 6.07) is 12.4. The number of aromatic nitrogens is 1. The number of likely N-dealkylation sites (tertiary alicyclic amines) is 1. The van der Waals surface area contributed by atoms with Crippen LogP contribution in [0, 0.1) is 11.3 Å². The summed E-state index contributed by atoms with van der Waals surface area (Å²) in [5, 5.41) is 15.0. The SMILES string of the molecule is CCOC(=O)N1CCC(Nc2ccc(C(=O)Nc3ccc(C#N)cc3)nc2)CC1. The van der Waals surface area contributed by atoms with E-state index in [9.17, 15) is 9.59 Å². The number of piperidine rings is 1. The van der Waals surface area contributed by atoms with Crippen molar-refractivity contribution in [3.05, 3.63) is 53.9 Å². The summed E-state index contributed by atoms with van der Waals surface area (Å²) in [6.07, 6.45) is 3.01. The predicted molar refractivity (Wildman–Crippen MR) is 109 cm³/mol. The number of ether oxygens (including phenoxy) is 1. The van der Waals surface area contributed by atoms with Crippen molar-refractivity contribution in [1.82, 2.24) is 9.88 Å². The van der Waals surface area contributed by atoms with Crippen LogP contribution in [0.25, 0.3) is 0 Å². The van der Waals surface area contributed by atoms with Crippen molar-refractivity contribution in [2.45, 2.75) is 25.8 Å². The van der Waals surface area contributed by atoms with E-state index < -0.39 is 0 Å². The monoisotopic (exact) mass is 393 g/mol. The van der Waals surface area contributed by atoms with Crippen molar-refractivity contribution in [2.75, 3.05) is 30.3 Å². The minimum Gasteiger partial charge on any atom is -0.450 e. The lowest BCUT2D eigenvalue weighted by molar-refractivity contribution is 0.0982. The molecule has 8 heteroatoms. The molecule has 0 atom stereocenters. The van der Waals surface area contributed by atoms with Crippen LogP contribution in [-0.2, 0) is 4.74 Å². The molecule has 3 rings (SSSR count). The summed E-state index contributed by atoms with van der Waals surface area (Å²) in [6.45, 7) is 3.48. The molecule has 2 N–H and O–H groups in total. The van der Waals surface area contributed by atoms with Gasteiger partial charge in [0.05, 0.1) is 30.1 Å². The number of carbonyl (C=O) groups excluding carboxylic acids is 2. The lowest BCUT2D eigenvalue weighted by Gasteiger charge is -2.32. The van der Waals surface area contributed by atoms with Crippen molar-refractivity contribution < 1.29 is 14.3 Å². The van der Waals surface area contributed by atoms with Crippen molar-refractivity contribution in [1.29, 1.82) is 5.26 Å². The summed E-state index contributed by atoms with van der Waals surface area (Å²) in [7, 11) is 0. The number of nitriles is 1. The van der Waals surface area contributed by atoms with E-state index in [1.54, 1.807) is 48.4 Å². The summed E-state index contributed by atoms with van der Waals surface area (Å²) >= 11 is 0. The predicted octanol–water partition coefficient (Wildman–Crippen LogP) is 3.24. The zero-order valence-electron chi connectivity index (χ0n) is 16.2. The third-order valence-corrected chi connectivity index (χ3v) is 4.66. The van der Waals surface area contributed by atoms with Gasteiger partial charge in [0, 0.05) is 24.8 Å². The highest BCUT2D eigenvalue weighted by Gasteiger charge is 2.23. The van der Waals surface area contributed by atoms with E-state index in [0.29, 0.717) is 36.6 Å². The molecule has 0 unspecified atom stereocenters. The number of pyridine rings is 1. The second-order valence-electron chi connectivity index (χ2n) is 6.68. The van der Waals surface area contributed by atoms with Crippen LogP contribution in [0.15, 0.2) is 42.6 Å². The normalized spacial score (nSPS) is 14.0. The molecule has 1 aromatic carbocycles. The van der Waals surface area contributed by atoms with Gasteiger partial charge in [0.1, 0.15) is 5.69 Å². The fourth-order valence-electron chi connectivity index (χ4n) is 3.09. The molecule has 2 heterocycles. The fraction of sp³-hybridized carbons (Fsp3) is 0.333. The molecule has 1 aromatic heterocycles. The number of benzene rings is 1. The van der Waals surface area contributed by atoms with Gasteiger partial charge in [-0.05, 0) is 56.2 Å². The lowest BCUT2D eigenvalue weighted by atomic mass is 10.1. The Bertz CT molecular complexity index is 882. The average molecular weight is 393 g/mol. The summed E-state index contributed by atoms with van der Waals surface area (Å²) in [4.78, 5) is 30.0. The van der Waals surface area contributed by atoms with E-state index in [1.165, 1.54) is 0 Å². The average Bonchev–Trinajstić information content (AvgIpc) is 2.75. The maximum atomic E-state index is 12.3. The van der Waals surface area contributed by atoms with Gasteiger partial charge in [-0.1, -0.05) is 0 Å². The Morgan fingerprint density at radius 3 is 2.45 bits per heavy atom. The quantitative estimate of drug-likeness (QED) is 0.807. The Morgan fingerprint density at radius 2 is 1.86 bits per heavy atom. The molecule has 2 amide bonds. The van der Waals surface area contributed by atoms with Gasteiger partial charge in [-0.2, -0.15) is 5.26 Å². The molecule has 0 aliphatic carbocycles. The van der Waals surface area contributed by atoms with E-state index in [-0.39, 0.29) is 18.0 Å². The van der Waals surface area contributed by atoms with Gasteiger partial charge in [-0.15, -0.1) is 0 Å². The van der Waals surface area contributed by atoms with Crippen LogP contribution in [-0.4, -0.2) is 47.6 Å². The van der Waals surface area contributed by atoms with Crippen molar-refractivity contribution in [3.8, 4) is 6.07 Å². The zero-order valence-corrected chi connectivity index (χ0v) is 16.2. The third kappa shape index (κ3) is 5.45. The molecule has 0 radical (unpaired) electrons. The molecule has 0 saturated carbocycles. The number of rotatable bonds is 5. The molecule has 1 fully saturated rings. The van der Waals surface area contributed by atoms with E-state index in [2.05, 4.69) is 15.6 Å². The van der Waals surface area contributed by atoms with Gasteiger partial charge in [0.15, 0.2) is 0 Å². The molecule has 8 nitrogen and oxygen atoms in total. The van der Waals surface area contributed by atoms with Gasteiger partial charge < -0.3 is 20.3 Å². The van der Waals surface area contributed by atoms with Gasteiger partial charge in [-0.25, -0.2) is 9.78 Å². The van der Waals surface area contributed by atoms with E-state index in [1.807, 2.05) is 12.1 Å². The van der Waals surface area contributed by atoms with Gasteiger partial charge in [0.2, 0.25) is 0 Å². The van der Waals surface area contributed by atoms with E-state index >= 15 is 0 Å². The van der Waals surface area contributed by atoms with Crippen LogP contribution in [0.4, 0.5) is 16.2 Å². The van der Waals surface area contributed by atoms with Crippen LogP contribution < -0.4 is 10.6 Å². The summed E-state index contributed by atoms with van der Waals surface area (Å²) in [5.74, 6) is -0.316. The van der Waals surface area contributed by atoms with Gasteiger partial charge in [-0.3, -0.25) is 4.79 Å². The van der Waals surface area contributed by atoms with E-state index in [0.717, 1.165) is 18.5 Å². The molecular weight excluding hydrogens is 370 g/mol. The number of carbonyl (C=O) groups is 2. The highest BCUT2D eigenvalue weighted by molar-refractivity contribution is 6.02. The highest BCUT2D eigenvalue weighted by atomic mass is 16.6. The Kier molecular flexibility index (Phi) is 6.63. The van der Waals surface area contributed by atoms with Crippen LogP contribution in [0.2, 0.25) is 0 Å². The maximum absolute atomic E-state index is 12.3. The zero-order chi connectivity index (χ0) is 20.6. The Morgan fingerprint density at radius 1 is 1.17 bits per heavy atom. The number of nitrogens with zero attached hydrogens (tertiary/aromatic N) is 3. The number of nitrogens with one attached hydrogen (secondary N) is 2. The van der Waals surface area contributed by atoms with Crippen LogP contribution >= 0.6 is 0 Å². The summed E-state index contributed by atoms with van der Waals surface area (Å²) < 4.78 is 5.03.